The molecule has 29 heavy (non-hydrogen) atoms. The summed E-state index contributed by atoms with van der Waals surface area (Å²) in [6, 6.07) is 11.9. The Bertz CT molecular complexity index is 809. The Morgan fingerprint density at radius 2 is 1.59 bits per heavy atom. The van der Waals surface area contributed by atoms with Crippen molar-refractivity contribution in [2.45, 2.75) is 19.3 Å². The summed E-state index contributed by atoms with van der Waals surface area (Å²) in [5.41, 5.74) is 1.80. The number of methoxy groups -OCH3 is 2. The van der Waals surface area contributed by atoms with E-state index in [0.717, 1.165) is 11.1 Å². The molecule has 2 N–H and O–H groups in total. The van der Waals surface area contributed by atoms with Crippen molar-refractivity contribution in [3.8, 4) is 17.2 Å². The molecule has 0 aliphatic rings. The maximum atomic E-state index is 12.2. The predicted octanol–water partition coefficient (Wildman–Crippen LogP) is 3.51. The zero-order valence-corrected chi connectivity index (χ0v) is 16.5. The third-order valence-electron chi connectivity index (χ3n) is 3.95. The van der Waals surface area contributed by atoms with E-state index in [0.29, 0.717) is 30.5 Å². The third kappa shape index (κ3) is 7.44. The molecule has 0 amide bonds. The quantitative estimate of drug-likeness (QED) is 0.514. The van der Waals surface area contributed by atoms with Gasteiger partial charge < -0.3 is 24.8 Å². The molecular formula is C20H24F3N3O3. The van der Waals surface area contributed by atoms with Gasteiger partial charge in [0.05, 0.1) is 14.2 Å². The van der Waals surface area contributed by atoms with E-state index >= 15 is 0 Å². The van der Waals surface area contributed by atoms with Crippen LogP contribution in [0.25, 0.3) is 0 Å². The van der Waals surface area contributed by atoms with Crippen LogP contribution in [0.4, 0.5) is 13.2 Å². The van der Waals surface area contributed by atoms with Gasteiger partial charge >= 0.3 is 6.18 Å². The Morgan fingerprint density at radius 1 is 0.931 bits per heavy atom. The number of guanidine groups is 1. The highest BCUT2D eigenvalue weighted by Gasteiger charge is 2.28. The number of benzene rings is 2. The standard InChI is InChI=1S/C20H24F3N3O3/c1-24-19(26-12-15-6-9-17(27-2)10-18(15)28-3)25-11-14-4-7-16(8-5-14)29-13-20(21,22)23/h4-10H,11-13H2,1-3H3,(H2,24,25,26). The van der Waals surface area contributed by atoms with E-state index in [2.05, 4.69) is 15.6 Å². The highest BCUT2D eigenvalue weighted by molar-refractivity contribution is 5.79. The van der Waals surface area contributed by atoms with E-state index in [-0.39, 0.29) is 5.75 Å². The van der Waals surface area contributed by atoms with Gasteiger partial charge in [0.1, 0.15) is 17.2 Å². The molecule has 0 aliphatic carbocycles. The minimum absolute atomic E-state index is 0.167. The summed E-state index contributed by atoms with van der Waals surface area (Å²) in [6.45, 7) is -0.383. The molecule has 0 bridgehead atoms. The molecule has 9 heteroatoms. The monoisotopic (exact) mass is 411 g/mol. The van der Waals surface area contributed by atoms with Crippen LogP contribution >= 0.6 is 0 Å². The molecule has 2 aromatic carbocycles. The zero-order valence-electron chi connectivity index (χ0n) is 16.5. The summed E-state index contributed by atoms with van der Waals surface area (Å²) in [7, 11) is 4.83. The lowest BCUT2D eigenvalue weighted by Gasteiger charge is -2.15. The van der Waals surface area contributed by atoms with Gasteiger partial charge in [0.25, 0.3) is 0 Å². The molecule has 0 saturated heterocycles. The molecular weight excluding hydrogens is 387 g/mol. The fraction of sp³-hybridized carbons (Fsp3) is 0.350. The summed E-state index contributed by atoms with van der Waals surface area (Å²) in [5, 5.41) is 6.33. The molecule has 0 heterocycles. The van der Waals surface area contributed by atoms with Crippen molar-refractivity contribution in [1.29, 1.82) is 0 Å². The van der Waals surface area contributed by atoms with E-state index in [1.165, 1.54) is 12.1 Å². The Hall–Kier alpha value is -3.10. The topological polar surface area (TPSA) is 64.1 Å². The van der Waals surface area contributed by atoms with E-state index < -0.39 is 12.8 Å². The number of hydrogen-bond acceptors (Lipinski definition) is 4. The number of aliphatic imine (C=N–C) groups is 1. The first-order valence-corrected chi connectivity index (χ1v) is 8.78. The van der Waals surface area contributed by atoms with Gasteiger partial charge in [-0.2, -0.15) is 13.2 Å². The number of nitrogens with one attached hydrogen (secondary N) is 2. The maximum Gasteiger partial charge on any atom is 0.422 e. The van der Waals surface area contributed by atoms with Gasteiger partial charge in [-0.15, -0.1) is 0 Å². The highest BCUT2D eigenvalue weighted by Crippen LogP contribution is 2.24. The SMILES string of the molecule is CN=C(NCc1ccc(OCC(F)(F)F)cc1)NCc1ccc(OC)cc1OC. The first-order chi connectivity index (χ1) is 13.8. The second-order valence-corrected chi connectivity index (χ2v) is 6.00. The summed E-state index contributed by atoms with van der Waals surface area (Å²) >= 11 is 0. The van der Waals surface area contributed by atoms with Crippen LogP contribution < -0.4 is 24.8 Å². The number of rotatable bonds is 8. The number of hydrogen-bond donors (Lipinski definition) is 2. The van der Waals surface area contributed by atoms with Gasteiger partial charge in [0.15, 0.2) is 12.6 Å². The zero-order chi connectivity index (χ0) is 21.3. The minimum Gasteiger partial charge on any atom is -0.497 e. The summed E-state index contributed by atoms with van der Waals surface area (Å²) in [5.74, 6) is 2.14. The van der Waals surface area contributed by atoms with Gasteiger partial charge in [-0.3, -0.25) is 4.99 Å². The van der Waals surface area contributed by atoms with E-state index in [9.17, 15) is 13.2 Å². The maximum absolute atomic E-state index is 12.2. The summed E-state index contributed by atoms with van der Waals surface area (Å²) < 4.78 is 51.8. The van der Waals surface area contributed by atoms with Crippen molar-refractivity contribution >= 4 is 5.96 Å². The molecule has 2 aromatic rings. The second kappa shape index (κ2) is 10.4. The second-order valence-electron chi connectivity index (χ2n) is 6.00. The van der Waals surface area contributed by atoms with E-state index in [1.54, 1.807) is 39.5 Å². The largest absolute Gasteiger partial charge is 0.497 e. The van der Waals surface area contributed by atoms with Crippen LogP contribution in [0.3, 0.4) is 0 Å². The number of nitrogens with zero attached hydrogens (tertiary/aromatic N) is 1. The fourth-order valence-corrected chi connectivity index (χ4v) is 2.45. The third-order valence-corrected chi connectivity index (χ3v) is 3.95. The van der Waals surface area contributed by atoms with Gasteiger partial charge in [0, 0.05) is 31.8 Å². The molecule has 0 radical (unpaired) electrons. The number of alkyl halides is 3. The lowest BCUT2D eigenvalue weighted by molar-refractivity contribution is -0.153. The average molecular weight is 411 g/mol. The smallest absolute Gasteiger partial charge is 0.422 e. The van der Waals surface area contributed by atoms with Crippen LogP contribution in [-0.4, -0.2) is 40.0 Å². The first-order valence-electron chi connectivity index (χ1n) is 8.78. The van der Waals surface area contributed by atoms with E-state index in [1.807, 2.05) is 12.1 Å². The van der Waals surface area contributed by atoms with Crippen molar-refractivity contribution in [2.24, 2.45) is 4.99 Å². The molecule has 0 fully saturated rings. The molecule has 0 aliphatic heterocycles. The Balaban J connectivity index is 1.86. The molecule has 6 nitrogen and oxygen atoms in total. The lowest BCUT2D eigenvalue weighted by Crippen LogP contribution is -2.36. The number of halogens is 3. The van der Waals surface area contributed by atoms with Crippen LogP contribution in [-0.2, 0) is 13.1 Å². The lowest BCUT2D eigenvalue weighted by atomic mass is 10.2. The van der Waals surface area contributed by atoms with Crippen LogP contribution in [0.5, 0.6) is 17.2 Å². The van der Waals surface area contributed by atoms with Crippen LogP contribution in [0.15, 0.2) is 47.5 Å². The predicted molar refractivity (Wildman–Crippen MR) is 105 cm³/mol. The van der Waals surface area contributed by atoms with Gasteiger partial charge in [-0.1, -0.05) is 12.1 Å². The Labute approximate surface area is 167 Å². The van der Waals surface area contributed by atoms with Crippen molar-refractivity contribution in [3.05, 3.63) is 53.6 Å². The molecule has 2 rings (SSSR count). The van der Waals surface area contributed by atoms with Gasteiger partial charge in [-0.05, 0) is 29.8 Å². The van der Waals surface area contributed by atoms with Crippen molar-refractivity contribution < 1.29 is 27.4 Å². The van der Waals surface area contributed by atoms with Crippen LogP contribution in [0.2, 0.25) is 0 Å². The van der Waals surface area contributed by atoms with Crippen LogP contribution in [0, 0.1) is 0 Å². The number of ether oxygens (including phenoxy) is 3. The minimum atomic E-state index is -4.36. The van der Waals surface area contributed by atoms with Crippen molar-refractivity contribution in [3.63, 3.8) is 0 Å². The van der Waals surface area contributed by atoms with Crippen molar-refractivity contribution in [1.82, 2.24) is 10.6 Å². The average Bonchev–Trinajstić information content (AvgIpc) is 2.72. The Kier molecular flexibility index (Phi) is 7.99. The molecule has 158 valence electrons. The molecule has 0 saturated carbocycles. The summed E-state index contributed by atoms with van der Waals surface area (Å²) in [6.07, 6.45) is -4.36. The summed E-state index contributed by atoms with van der Waals surface area (Å²) in [4.78, 5) is 4.16. The fourth-order valence-electron chi connectivity index (χ4n) is 2.45. The molecule has 0 atom stereocenters. The van der Waals surface area contributed by atoms with Crippen LogP contribution in [0.1, 0.15) is 11.1 Å². The van der Waals surface area contributed by atoms with E-state index in [4.69, 9.17) is 14.2 Å². The highest BCUT2D eigenvalue weighted by atomic mass is 19.4. The molecule has 0 spiro atoms. The van der Waals surface area contributed by atoms with Crippen molar-refractivity contribution in [2.75, 3.05) is 27.9 Å². The normalized spacial score (nSPS) is 11.7. The molecule has 0 unspecified atom stereocenters. The first kappa shape index (κ1) is 22.2. The van der Waals surface area contributed by atoms with Gasteiger partial charge in [0.2, 0.25) is 0 Å². The molecule has 0 aromatic heterocycles. The Morgan fingerprint density at radius 3 is 2.17 bits per heavy atom. The van der Waals surface area contributed by atoms with Gasteiger partial charge in [-0.25, -0.2) is 0 Å².